The normalized spacial score (nSPS) is 20.4. The molecule has 1 aromatic heterocycles. The van der Waals surface area contributed by atoms with Crippen molar-refractivity contribution < 1.29 is 10.2 Å². The highest BCUT2D eigenvalue weighted by Crippen LogP contribution is 2.20. The van der Waals surface area contributed by atoms with Gasteiger partial charge in [0.15, 0.2) is 0 Å². The van der Waals surface area contributed by atoms with E-state index < -0.39 is 0 Å². The zero-order valence-corrected chi connectivity index (χ0v) is 11.2. The lowest BCUT2D eigenvalue weighted by Gasteiger charge is -2.29. The van der Waals surface area contributed by atoms with Gasteiger partial charge < -0.3 is 10.2 Å². The first-order valence-corrected chi connectivity index (χ1v) is 7.24. The summed E-state index contributed by atoms with van der Waals surface area (Å²) in [4.78, 5) is 3.55. The minimum absolute atomic E-state index is 0.116. The predicted molar refractivity (Wildman–Crippen MR) is 73.4 cm³/mol. The molecule has 2 heterocycles. The maximum Gasteiger partial charge on any atom is 0.0667 e. The average molecular weight is 265 g/mol. The average Bonchev–Trinajstić information content (AvgIpc) is 2.77. The number of hydrogen-bond acceptors (Lipinski definition) is 4. The second kappa shape index (κ2) is 6.91. The molecule has 0 aliphatic carbocycles. The smallest absolute Gasteiger partial charge is 0.0667 e. The Morgan fingerprint density at radius 3 is 3.17 bits per heavy atom. The molecule has 4 heteroatoms. The number of β-amino-alcohol motifs (C(OH)–C–C–N with tert-alkyl or cyclic N) is 1. The van der Waals surface area contributed by atoms with Crippen molar-refractivity contribution >= 4 is 11.3 Å². The maximum absolute atomic E-state index is 9.66. The number of nitrogens with zero attached hydrogens (tertiary/aromatic N) is 1. The third kappa shape index (κ3) is 3.82. The zero-order chi connectivity index (χ0) is 12.8. The Morgan fingerprint density at radius 2 is 2.39 bits per heavy atom. The van der Waals surface area contributed by atoms with Crippen LogP contribution in [0.1, 0.15) is 29.7 Å². The summed E-state index contributed by atoms with van der Waals surface area (Å²) < 4.78 is 0. The van der Waals surface area contributed by atoms with Gasteiger partial charge in [-0.05, 0) is 30.8 Å². The third-order valence-electron chi connectivity index (χ3n) is 3.05. The van der Waals surface area contributed by atoms with Crippen molar-refractivity contribution in [2.75, 3.05) is 19.7 Å². The van der Waals surface area contributed by atoms with Gasteiger partial charge in [0, 0.05) is 30.0 Å². The molecule has 98 valence electrons. The molecule has 0 saturated carbocycles. The lowest BCUT2D eigenvalue weighted by molar-refractivity contribution is 0.0673. The van der Waals surface area contributed by atoms with Gasteiger partial charge in [0.2, 0.25) is 0 Å². The minimum Gasteiger partial charge on any atom is -0.395 e. The molecule has 1 aliphatic heterocycles. The van der Waals surface area contributed by atoms with Gasteiger partial charge in [0.1, 0.15) is 0 Å². The maximum atomic E-state index is 9.66. The molecule has 1 atom stereocenters. The van der Waals surface area contributed by atoms with Gasteiger partial charge in [-0.15, -0.1) is 11.3 Å². The standard InChI is InChI=1S/C14H19NO2S/c16-8-2-1-4-12-6-9-18-14(12)11-15-7-3-5-13(17)10-15/h6,9,13,16-17H,2-3,5,7-8,10-11H2. The largest absolute Gasteiger partial charge is 0.395 e. The highest BCUT2D eigenvalue weighted by atomic mass is 32.1. The van der Waals surface area contributed by atoms with Crippen LogP contribution in [0.15, 0.2) is 11.4 Å². The van der Waals surface area contributed by atoms with E-state index in [1.54, 1.807) is 11.3 Å². The molecule has 18 heavy (non-hydrogen) atoms. The predicted octanol–water partition coefficient (Wildman–Crippen LogP) is 1.44. The Balaban J connectivity index is 1.97. The summed E-state index contributed by atoms with van der Waals surface area (Å²) in [6.07, 6.45) is 2.34. The first-order valence-electron chi connectivity index (χ1n) is 6.36. The molecule has 1 unspecified atom stereocenters. The van der Waals surface area contributed by atoms with Crippen LogP contribution in [0.2, 0.25) is 0 Å². The number of aliphatic hydroxyl groups is 2. The van der Waals surface area contributed by atoms with Crippen LogP contribution >= 0.6 is 11.3 Å². The molecular formula is C14H19NO2S. The van der Waals surface area contributed by atoms with E-state index in [0.29, 0.717) is 6.42 Å². The summed E-state index contributed by atoms with van der Waals surface area (Å²) in [5.74, 6) is 6.07. The zero-order valence-electron chi connectivity index (χ0n) is 10.4. The van der Waals surface area contributed by atoms with Gasteiger partial charge >= 0.3 is 0 Å². The van der Waals surface area contributed by atoms with Gasteiger partial charge in [-0.2, -0.15) is 0 Å². The van der Waals surface area contributed by atoms with Crippen LogP contribution in [0.3, 0.4) is 0 Å². The van der Waals surface area contributed by atoms with Crippen LogP contribution in [0.4, 0.5) is 0 Å². The monoisotopic (exact) mass is 265 g/mol. The molecule has 1 fully saturated rings. The van der Waals surface area contributed by atoms with Crippen LogP contribution in [-0.4, -0.2) is 40.9 Å². The summed E-state index contributed by atoms with van der Waals surface area (Å²) in [5, 5.41) is 20.4. The lowest BCUT2D eigenvalue weighted by Crippen LogP contribution is -2.37. The number of thiophene rings is 1. The van der Waals surface area contributed by atoms with Crippen LogP contribution < -0.4 is 0 Å². The first-order chi connectivity index (χ1) is 8.79. The second-order valence-corrected chi connectivity index (χ2v) is 5.56. The SMILES string of the molecule is OCCC#Cc1ccsc1CN1CCCC(O)C1. The van der Waals surface area contributed by atoms with Crippen LogP contribution in [0.25, 0.3) is 0 Å². The van der Waals surface area contributed by atoms with Gasteiger partial charge in [0.05, 0.1) is 12.7 Å². The second-order valence-electron chi connectivity index (χ2n) is 4.56. The third-order valence-corrected chi connectivity index (χ3v) is 3.96. The van der Waals surface area contributed by atoms with Crippen molar-refractivity contribution in [3.63, 3.8) is 0 Å². The van der Waals surface area contributed by atoms with Gasteiger partial charge in [-0.1, -0.05) is 11.8 Å². The minimum atomic E-state index is -0.178. The molecule has 1 aliphatic rings. The van der Waals surface area contributed by atoms with Crippen molar-refractivity contribution in [1.82, 2.24) is 4.90 Å². The number of aliphatic hydroxyl groups excluding tert-OH is 2. The van der Waals surface area contributed by atoms with E-state index in [0.717, 1.165) is 38.0 Å². The lowest BCUT2D eigenvalue weighted by atomic mass is 10.1. The van der Waals surface area contributed by atoms with Crippen LogP contribution in [0.5, 0.6) is 0 Å². The molecule has 0 spiro atoms. The van der Waals surface area contributed by atoms with Gasteiger partial charge in [-0.3, -0.25) is 4.90 Å². The number of hydrogen-bond donors (Lipinski definition) is 2. The van der Waals surface area contributed by atoms with E-state index in [1.165, 1.54) is 4.88 Å². The van der Waals surface area contributed by atoms with E-state index in [-0.39, 0.29) is 12.7 Å². The van der Waals surface area contributed by atoms with Crippen LogP contribution in [-0.2, 0) is 6.54 Å². The van der Waals surface area contributed by atoms with Crippen molar-refractivity contribution in [2.24, 2.45) is 0 Å². The molecule has 3 nitrogen and oxygen atoms in total. The number of rotatable bonds is 3. The molecule has 0 bridgehead atoms. The molecule has 0 amide bonds. The molecule has 2 N–H and O–H groups in total. The highest BCUT2D eigenvalue weighted by molar-refractivity contribution is 7.10. The van der Waals surface area contributed by atoms with Crippen molar-refractivity contribution in [3.05, 3.63) is 21.9 Å². The summed E-state index contributed by atoms with van der Waals surface area (Å²) >= 11 is 1.71. The molecule has 1 aromatic rings. The van der Waals surface area contributed by atoms with E-state index in [2.05, 4.69) is 22.1 Å². The first kappa shape index (κ1) is 13.6. The Bertz CT molecular complexity index is 432. The summed E-state index contributed by atoms with van der Waals surface area (Å²) in [6.45, 7) is 2.81. The fourth-order valence-electron chi connectivity index (χ4n) is 2.17. The topological polar surface area (TPSA) is 43.7 Å². The van der Waals surface area contributed by atoms with Gasteiger partial charge in [-0.25, -0.2) is 0 Å². The quantitative estimate of drug-likeness (QED) is 0.813. The Labute approximate surface area is 112 Å². The molecule has 1 saturated heterocycles. The fourth-order valence-corrected chi connectivity index (χ4v) is 3.04. The fraction of sp³-hybridized carbons (Fsp3) is 0.571. The summed E-state index contributed by atoms with van der Waals surface area (Å²) in [6, 6.07) is 2.03. The van der Waals surface area contributed by atoms with Crippen molar-refractivity contribution in [1.29, 1.82) is 0 Å². The summed E-state index contributed by atoms with van der Waals surface area (Å²) in [5.41, 5.74) is 1.06. The Morgan fingerprint density at radius 1 is 1.50 bits per heavy atom. The molecule has 0 radical (unpaired) electrons. The highest BCUT2D eigenvalue weighted by Gasteiger charge is 2.18. The Kier molecular flexibility index (Phi) is 5.21. The molecule has 0 aromatic carbocycles. The Hall–Kier alpha value is -0.860. The van der Waals surface area contributed by atoms with E-state index in [4.69, 9.17) is 5.11 Å². The summed E-state index contributed by atoms with van der Waals surface area (Å²) in [7, 11) is 0. The number of likely N-dealkylation sites (tertiary alicyclic amines) is 1. The van der Waals surface area contributed by atoms with E-state index >= 15 is 0 Å². The van der Waals surface area contributed by atoms with Crippen molar-refractivity contribution in [3.8, 4) is 11.8 Å². The van der Waals surface area contributed by atoms with E-state index in [1.807, 2.05) is 6.07 Å². The van der Waals surface area contributed by atoms with Gasteiger partial charge in [0.25, 0.3) is 0 Å². The van der Waals surface area contributed by atoms with E-state index in [9.17, 15) is 5.11 Å². The van der Waals surface area contributed by atoms with Crippen molar-refractivity contribution in [2.45, 2.75) is 31.9 Å². The van der Waals surface area contributed by atoms with Crippen LogP contribution in [0, 0.1) is 11.8 Å². The molecule has 2 rings (SSSR count). The molecular weight excluding hydrogens is 246 g/mol. The number of piperidine rings is 1.